The molecule has 0 saturated heterocycles. The third-order valence-corrected chi connectivity index (χ3v) is 2.94. The van der Waals surface area contributed by atoms with Gasteiger partial charge in [0, 0.05) is 25.4 Å². The fourth-order valence-electron chi connectivity index (χ4n) is 1.85. The first-order valence-corrected chi connectivity index (χ1v) is 6.54. The molecule has 1 aliphatic carbocycles. The molecule has 4 heteroatoms. The van der Waals surface area contributed by atoms with Gasteiger partial charge in [-0.05, 0) is 38.8 Å². The van der Waals surface area contributed by atoms with E-state index in [1.165, 1.54) is 12.8 Å². The van der Waals surface area contributed by atoms with Gasteiger partial charge in [-0.25, -0.2) is 0 Å². The van der Waals surface area contributed by atoms with Crippen molar-refractivity contribution >= 4 is 0 Å². The molecule has 1 aliphatic rings. The van der Waals surface area contributed by atoms with Gasteiger partial charge < -0.3 is 14.8 Å². The van der Waals surface area contributed by atoms with Crippen LogP contribution in [0.3, 0.4) is 0 Å². The fourth-order valence-corrected chi connectivity index (χ4v) is 1.85. The molecule has 1 aromatic rings. The van der Waals surface area contributed by atoms with Gasteiger partial charge in [0.2, 0.25) is 0 Å². The Morgan fingerprint density at radius 1 is 1.44 bits per heavy atom. The summed E-state index contributed by atoms with van der Waals surface area (Å²) in [5.41, 5.74) is 2.01. The van der Waals surface area contributed by atoms with Gasteiger partial charge in [0.25, 0.3) is 0 Å². The lowest BCUT2D eigenvalue weighted by Crippen LogP contribution is -2.21. The zero-order valence-electron chi connectivity index (χ0n) is 11.4. The molecule has 0 amide bonds. The van der Waals surface area contributed by atoms with Gasteiger partial charge in [-0.3, -0.25) is 4.98 Å². The second-order valence-electron chi connectivity index (χ2n) is 4.94. The van der Waals surface area contributed by atoms with E-state index in [-0.39, 0.29) is 6.10 Å². The minimum atomic E-state index is 0.0409. The average Bonchev–Trinajstić information content (AvgIpc) is 3.14. The number of rotatable bonds is 7. The number of pyridine rings is 1. The summed E-state index contributed by atoms with van der Waals surface area (Å²) in [4.78, 5) is 4.56. The first kappa shape index (κ1) is 13.3. The van der Waals surface area contributed by atoms with Crippen LogP contribution in [0, 0.1) is 6.92 Å². The topological polar surface area (TPSA) is 43.4 Å². The molecule has 18 heavy (non-hydrogen) atoms. The van der Waals surface area contributed by atoms with Crippen molar-refractivity contribution in [3.8, 4) is 5.75 Å². The Morgan fingerprint density at radius 3 is 2.89 bits per heavy atom. The highest BCUT2D eigenvalue weighted by Crippen LogP contribution is 2.22. The quantitative estimate of drug-likeness (QED) is 0.804. The molecule has 4 nitrogen and oxygen atoms in total. The van der Waals surface area contributed by atoms with Crippen molar-refractivity contribution in [3.05, 3.63) is 23.5 Å². The molecule has 1 fully saturated rings. The number of hydrogen-bond donors (Lipinski definition) is 1. The van der Waals surface area contributed by atoms with Gasteiger partial charge in [-0.2, -0.15) is 0 Å². The van der Waals surface area contributed by atoms with Crippen molar-refractivity contribution in [2.75, 3.05) is 13.7 Å². The third kappa shape index (κ3) is 3.96. The number of nitrogens with one attached hydrogen (secondary N) is 1. The lowest BCUT2D eigenvalue weighted by Gasteiger charge is -2.17. The molecule has 0 aliphatic heterocycles. The number of aromatic nitrogens is 1. The van der Waals surface area contributed by atoms with E-state index in [9.17, 15) is 0 Å². The van der Waals surface area contributed by atoms with E-state index in [1.54, 1.807) is 7.11 Å². The van der Waals surface area contributed by atoms with Crippen molar-refractivity contribution in [2.45, 2.75) is 45.4 Å². The van der Waals surface area contributed by atoms with Crippen LogP contribution in [0.4, 0.5) is 0 Å². The van der Waals surface area contributed by atoms with Crippen LogP contribution >= 0.6 is 0 Å². The lowest BCUT2D eigenvalue weighted by atomic mass is 10.2. The Kier molecular flexibility index (Phi) is 4.55. The predicted molar refractivity (Wildman–Crippen MR) is 70.8 cm³/mol. The molecule has 0 aromatic carbocycles. The lowest BCUT2D eigenvalue weighted by molar-refractivity contribution is 0.0909. The molecule has 1 saturated carbocycles. The molecule has 1 unspecified atom stereocenters. The summed E-state index contributed by atoms with van der Waals surface area (Å²) < 4.78 is 11.0. The largest absolute Gasteiger partial charge is 0.486 e. The SMILES string of the molecule is COCC(C)Oc1ccc(C)nc1CNC1CC1. The fraction of sp³-hybridized carbons (Fsp3) is 0.643. The summed E-state index contributed by atoms with van der Waals surface area (Å²) in [6, 6.07) is 4.66. The van der Waals surface area contributed by atoms with Crippen molar-refractivity contribution < 1.29 is 9.47 Å². The molecule has 0 bridgehead atoms. The van der Waals surface area contributed by atoms with E-state index in [2.05, 4.69) is 10.3 Å². The van der Waals surface area contributed by atoms with Crippen LogP contribution in [0.5, 0.6) is 5.75 Å². The van der Waals surface area contributed by atoms with Crippen molar-refractivity contribution in [1.82, 2.24) is 10.3 Å². The van der Waals surface area contributed by atoms with Gasteiger partial charge >= 0.3 is 0 Å². The van der Waals surface area contributed by atoms with Crippen molar-refractivity contribution in [2.24, 2.45) is 0 Å². The maximum Gasteiger partial charge on any atom is 0.142 e. The van der Waals surface area contributed by atoms with Crippen molar-refractivity contribution in [3.63, 3.8) is 0 Å². The summed E-state index contributed by atoms with van der Waals surface area (Å²) in [5.74, 6) is 0.860. The number of methoxy groups -OCH3 is 1. The number of hydrogen-bond acceptors (Lipinski definition) is 4. The maximum atomic E-state index is 5.87. The van der Waals surface area contributed by atoms with Crippen LogP contribution in [-0.2, 0) is 11.3 Å². The van der Waals surface area contributed by atoms with Gasteiger partial charge in [0.05, 0.1) is 12.3 Å². The first-order valence-electron chi connectivity index (χ1n) is 6.54. The number of ether oxygens (including phenoxy) is 2. The Bertz CT molecular complexity index is 391. The minimum Gasteiger partial charge on any atom is -0.486 e. The van der Waals surface area contributed by atoms with Gasteiger partial charge in [0.1, 0.15) is 11.9 Å². The van der Waals surface area contributed by atoms with Crippen LogP contribution in [0.1, 0.15) is 31.2 Å². The normalized spacial score (nSPS) is 16.6. The highest BCUT2D eigenvalue weighted by atomic mass is 16.5. The molecule has 1 atom stereocenters. The standard InChI is InChI=1S/C14H22N2O2/c1-10-4-7-14(18-11(2)9-17-3)13(16-10)8-15-12-5-6-12/h4,7,11-12,15H,5-6,8-9H2,1-3H3. The van der Waals surface area contributed by atoms with Crippen LogP contribution in [0.25, 0.3) is 0 Å². The van der Waals surface area contributed by atoms with Crippen LogP contribution < -0.4 is 10.1 Å². The molecular weight excluding hydrogens is 228 g/mol. The molecular formula is C14H22N2O2. The zero-order chi connectivity index (χ0) is 13.0. The average molecular weight is 250 g/mol. The van der Waals surface area contributed by atoms with Gasteiger partial charge in [-0.15, -0.1) is 0 Å². The maximum absolute atomic E-state index is 5.87. The molecule has 2 rings (SSSR count). The zero-order valence-corrected chi connectivity index (χ0v) is 11.4. The second-order valence-corrected chi connectivity index (χ2v) is 4.94. The van der Waals surface area contributed by atoms with Crippen LogP contribution in [-0.4, -0.2) is 30.8 Å². The monoisotopic (exact) mass is 250 g/mol. The van der Waals surface area contributed by atoms with Gasteiger partial charge in [-0.1, -0.05) is 0 Å². The highest BCUT2D eigenvalue weighted by Gasteiger charge is 2.21. The Labute approximate surface area is 109 Å². The smallest absolute Gasteiger partial charge is 0.142 e. The molecule has 1 N–H and O–H groups in total. The Hall–Kier alpha value is -1.13. The number of aryl methyl sites for hydroxylation is 1. The first-order chi connectivity index (χ1) is 8.69. The summed E-state index contributed by atoms with van der Waals surface area (Å²) in [6.45, 7) is 5.37. The third-order valence-electron chi connectivity index (χ3n) is 2.94. The van der Waals surface area contributed by atoms with E-state index >= 15 is 0 Å². The van der Waals surface area contributed by atoms with Crippen LogP contribution in [0.15, 0.2) is 12.1 Å². The van der Waals surface area contributed by atoms with E-state index < -0.39 is 0 Å². The predicted octanol–water partition coefficient (Wildman–Crippen LogP) is 2.06. The molecule has 1 aromatic heterocycles. The summed E-state index contributed by atoms with van der Waals surface area (Å²) in [5, 5.41) is 3.47. The van der Waals surface area contributed by atoms with E-state index in [0.29, 0.717) is 12.6 Å². The van der Waals surface area contributed by atoms with Crippen molar-refractivity contribution in [1.29, 1.82) is 0 Å². The van der Waals surface area contributed by atoms with E-state index in [0.717, 1.165) is 23.7 Å². The van der Waals surface area contributed by atoms with E-state index in [1.807, 2.05) is 26.0 Å². The summed E-state index contributed by atoms with van der Waals surface area (Å²) in [7, 11) is 1.68. The highest BCUT2D eigenvalue weighted by molar-refractivity contribution is 5.29. The molecule has 0 spiro atoms. The molecule has 100 valence electrons. The summed E-state index contributed by atoms with van der Waals surface area (Å²) in [6.07, 6.45) is 2.60. The van der Waals surface area contributed by atoms with Crippen LogP contribution in [0.2, 0.25) is 0 Å². The molecule has 1 heterocycles. The molecule has 0 radical (unpaired) electrons. The number of nitrogens with zero attached hydrogens (tertiary/aromatic N) is 1. The Morgan fingerprint density at radius 2 is 2.22 bits per heavy atom. The van der Waals surface area contributed by atoms with E-state index in [4.69, 9.17) is 9.47 Å². The Balaban J connectivity index is 2.01. The minimum absolute atomic E-state index is 0.0409. The summed E-state index contributed by atoms with van der Waals surface area (Å²) >= 11 is 0. The van der Waals surface area contributed by atoms with Gasteiger partial charge in [0.15, 0.2) is 0 Å². The second kappa shape index (κ2) is 6.16.